The minimum absolute atomic E-state index is 0.0470. The summed E-state index contributed by atoms with van der Waals surface area (Å²) in [4.78, 5) is 22.7. The van der Waals surface area contributed by atoms with E-state index in [1.807, 2.05) is 32.0 Å². The molecule has 1 N–H and O–H groups in total. The number of amides is 1. The number of hydrogen-bond donors (Lipinski definition) is 1. The number of aryl methyl sites for hydroxylation is 1. The molecule has 150 valence electrons. The van der Waals surface area contributed by atoms with Crippen LogP contribution in [0.4, 0.5) is 11.4 Å². The van der Waals surface area contributed by atoms with Crippen LogP contribution >= 0.6 is 11.8 Å². The third kappa shape index (κ3) is 4.51. The van der Waals surface area contributed by atoms with Crippen LogP contribution in [0.2, 0.25) is 0 Å². The van der Waals surface area contributed by atoms with Crippen LogP contribution in [-0.4, -0.2) is 43.9 Å². The summed E-state index contributed by atoms with van der Waals surface area (Å²) in [5.74, 6) is -0.0683. The van der Waals surface area contributed by atoms with Crippen molar-refractivity contribution in [2.24, 2.45) is 0 Å². The maximum absolute atomic E-state index is 12.4. The lowest BCUT2D eigenvalue weighted by Gasteiger charge is -2.11. The second-order valence-corrected chi connectivity index (χ2v) is 7.01. The Balaban J connectivity index is 1.71. The SMILES string of the molecule is COc1cc([N+](=O)[O-])ccc1NC(=O)CSc1nnnn1-c1cccc(C)c1C. The summed E-state index contributed by atoms with van der Waals surface area (Å²) in [5, 5.41) is 25.8. The molecule has 1 aromatic heterocycles. The lowest BCUT2D eigenvalue weighted by Crippen LogP contribution is -2.15. The molecule has 0 fully saturated rings. The molecule has 0 unspecified atom stereocenters. The number of hydrogen-bond acceptors (Lipinski definition) is 8. The number of nitrogens with zero attached hydrogens (tertiary/aromatic N) is 5. The first-order chi connectivity index (χ1) is 13.9. The number of carbonyl (C=O) groups is 1. The number of nitro benzene ring substituents is 1. The van der Waals surface area contributed by atoms with Crippen LogP contribution in [0.25, 0.3) is 5.69 Å². The number of carbonyl (C=O) groups excluding carboxylic acids is 1. The molecule has 0 saturated carbocycles. The van der Waals surface area contributed by atoms with E-state index in [9.17, 15) is 14.9 Å². The third-order valence-corrected chi connectivity index (χ3v) is 5.17. The molecule has 0 aliphatic rings. The molecule has 0 atom stereocenters. The van der Waals surface area contributed by atoms with Crippen molar-refractivity contribution < 1.29 is 14.5 Å². The molecule has 1 heterocycles. The summed E-state index contributed by atoms with van der Waals surface area (Å²) < 4.78 is 6.72. The Morgan fingerprint density at radius 1 is 1.31 bits per heavy atom. The van der Waals surface area contributed by atoms with Gasteiger partial charge in [-0.15, -0.1) is 5.10 Å². The van der Waals surface area contributed by atoms with Crippen molar-refractivity contribution in [3.63, 3.8) is 0 Å². The minimum Gasteiger partial charge on any atom is -0.494 e. The first-order valence-corrected chi connectivity index (χ1v) is 9.49. The van der Waals surface area contributed by atoms with Gasteiger partial charge in [-0.3, -0.25) is 14.9 Å². The Labute approximate surface area is 170 Å². The van der Waals surface area contributed by atoms with Gasteiger partial charge in [0, 0.05) is 6.07 Å². The van der Waals surface area contributed by atoms with E-state index in [4.69, 9.17) is 4.74 Å². The minimum atomic E-state index is -0.531. The zero-order valence-electron chi connectivity index (χ0n) is 15.9. The molecule has 2 aromatic carbocycles. The molecule has 0 aliphatic carbocycles. The van der Waals surface area contributed by atoms with Crippen molar-refractivity contribution in [1.29, 1.82) is 0 Å². The van der Waals surface area contributed by atoms with E-state index in [1.165, 1.54) is 37.1 Å². The van der Waals surface area contributed by atoms with Crippen LogP contribution in [0.1, 0.15) is 11.1 Å². The van der Waals surface area contributed by atoms with Crippen molar-refractivity contribution >= 4 is 29.0 Å². The second kappa shape index (κ2) is 8.69. The van der Waals surface area contributed by atoms with Crippen molar-refractivity contribution in [2.45, 2.75) is 19.0 Å². The fourth-order valence-electron chi connectivity index (χ4n) is 2.60. The van der Waals surface area contributed by atoms with Crippen LogP contribution in [0.15, 0.2) is 41.6 Å². The van der Waals surface area contributed by atoms with Crippen molar-refractivity contribution in [2.75, 3.05) is 18.2 Å². The van der Waals surface area contributed by atoms with Gasteiger partial charge in [0.1, 0.15) is 5.75 Å². The standard InChI is InChI=1S/C18H18N6O4S/c1-11-5-4-6-15(12(11)2)23-18(20-21-22-23)29-10-17(25)19-14-8-7-13(24(26)27)9-16(14)28-3/h4-9H,10H2,1-3H3,(H,19,25). The molecular formula is C18H18N6O4S. The van der Waals surface area contributed by atoms with E-state index in [0.717, 1.165) is 16.8 Å². The number of anilines is 1. The van der Waals surface area contributed by atoms with E-state index in [1.54, 1.807) is 4.68 Å². The molecule has 29 heavy (non-hydrogen) atoms. The summed E-state index contributed by atoms with van der Waals surface area (Å²) in [6, 6.07) is 9.81. The summed E-state index contributed by atoms with van der Waals surface area (Å²) in [6.07, 6.45) is 0. The maximum atomic E-state index is 12.4. The Morgan fingerprint density at radius 3 is 2.83 bits per heavy atom. The highest BCUT2D eigenvalue weighted by atomic mass is 32.2. The van der Waals surface area contributed by atoms with Crippen molar-refractivity contribution in [1.82, 2.24) is 20.2 Å². The summed E-state index contributed by atoms with van der Waals surface area (Å²) in [7, 11) is 1.38. The summed E-state index contributed by atoms with van der Waals surface area (Å²) in [6.45, 7) is 3.98. The number of thioether (sulfide) groups is 1. The van der Waals surface area contributed by atoms with Crippen LogP contribution in [-0.2, 0) is 4.79 Å². The van der Waals surface area contributed by atoms with Gasteiger partial charge in [-0.05, 0) is 47.5 Å². The van der Waals surface area contributed by atoms with Gasteiger partial charge < -0.3 is 10.1 Å². The number of ether oxygens (including phenoxy) is 1. The second-order valence-electron chi connectivity index (χ2n) is 6.07. The topological polar surface area (TPSA) is 125 Å². The molecule has 0 aliphatic heterocycles. The Bertz CT molecular complexity index is 1070. The van der Waals surface area contributed by atoms with E-state index < -0.39 is 4.92 Å². The van der Waals surface area contributed by atoms with E-state index in [2.05, 4.69) is 20.8 Å². The highest BCUT2D eigenvalue weighted by molar-refractivity contribution is 7.99. The predicted octanol–water partition coefficient (Wildman–Crippen LogP) is 2.93. The smallest absolute Gasteiger partial charge is 0.273 e. The number of nitrogens with one attached hydrogen (secondary N) is 1. The third-order valence-electron chi connectivity index (χ3n) is 4.25. The van der Waals surface area contributed by atoms with Crippen LogP contribution in [0.3, 0.4) is 0 Å². The molecule has 0 radical (unpaired) electrons. The molecule has 0 bridgehead atoms. The largest absolute Gasteiger partial charge is 0.494 e. The number of rotatable bonds is 7. The molecule has 3 aromatic rings. The monoisotopic (exact) mass is 414 g/mol. The van der Waals surface area contributed by atoms with Crippen molar-refractivity contribution in [3.05, 3.63) is 57.6 Å². The maximum Gasteiger partial charge on any atom is 0.273 e. The number of nitro groups is 1. The first kappa shape index (κ1) is 20.3. The Kier molecular flexibility index (Phi) is 6.07. The fourth-order valence-corrected chi connectivity index (χ4v) is 3.28. The molecule has 11 heteroatoms. The highest BCUT2D eigenvalue weighted by Gasteiger charge is 2.16. The normalized spacial score (nSPS) is 10.6. The molecule has 10 nitrogen and oxygen atoms in total. The zero-order valence-corrected chi connectivity index (χ0v) is 16.8. The van der Waals surface area contributed by atoms with Crippen LogP contribution < -0.4 is 10.1 Å². The molecule has 1 amide bonds. The summed E-state index contributed by atoms with van der Waals surface area (Å²) in [5.41, 5.74) is 3.22. The average molecular weight is 414 g/mol. The van der Waals surface area contributed by atoms with Gasteiger partial charge in [0.2, 0.25) is 11.1 Å². The fraction of sp³-hybridized carbons (Fsp3) is 0.222. The first-order valence-electron chi connectivity index (χ1n) is 8.50. The van der Waals surface area contributed by atoms with Gasteiger partial charge in [-0.2, -0.15) is 4.68 Å². The lowest BCUT2D eigenvalue weighted by molar-refractivity contribution is -0.384. The number of methoxy groups -OCH3 is 1. The Hall–Kier alpha value is -3.47. The van der Waals surface area contributed by atoms with Gasteiger partial charge in [-0.1, -0.05) is 23.9 Å². The van der Waals surface area contributed by atoms with Gasteiger partial charge in [-0.25, -0.2) is 0 Å². The molecule has 0 spiro atoms. The number of tetrazole rings is 1. The number of non-ortho nitro benzene ring substituents is 1. The van der Waals surface area contributed by atoms with Gasteiger partial charge in [0.15, 0.2) is 0 Å². The quantitative estimate of drug-likeness (QED) is 0.355. The van der Waals surface area contributed by atoms with Crippen LogP contribution in [0, 0.1) is 24.0 Å². The van der Waals surface area contributed by atoms with E-state index >= 15 is 0 Å². The van der Waals surface area contributed by atoms with Gasteiger partial charge in [0.05, 0.1) is 35.2 Å². The number of aromatic nitrogens is 4. The van der Waals surface area contributed by atoms with E-state index in [-0.39, 0.29) is 23.1 Å². The molecular weight excluding hydrogens is 396 g/mol. The zero-order chi connectivity index (χ0) is 21.0. The Morgan fingerprint density at radius 2 is 2.10 bits per heavy atom. The molecule has 3 rings (SSSR count). The predicted molar refractivity (Wildman–Crippen MR) is 108 cm³/mol. The summed E-state index contributed by atoms with van der Waals surface area (Å²) >= 11 is 1.18. The van der Waals surface area contributed by atoms with E-state index in [0.29, 0.717) is 10.8 Å². The lowest BCUT2D eigenvalue weighted by atomic mass is 10.1. The highest BCUT2D eigenvalue weighted by Crippen LogP contribution is 2.29. The van der Waals surface area contributed by atoms with Gasteiger partial charge >= 0.3 is 0 Å². The van der Waals surface area contributed by atoms with Crippen LogP contribution in [0.5, 0.6) is 5.75 Å². The average Bonchev–Trinajstić information content (AvgIpc) is 3.17. The van der Waals surface area contributed by atoms with Crippen molar-refractivity contribution in [3.8, 4) is 11.4 Å². The van der Waals surface area contributed by atoms with Gasteiger partial charge in [0.25, 0.3) is 5.69 Å². The molecule has 0 saturated heterocycles. The number of benzene rings is 2.